The standard InChI is InChI=1S/C14H24N4O/c1-10(2)18(4)8-7-17-13-6-5-11(9-12(13)15)14(19)16-3/h5-6,9-10,17H,7-8,15H2,1-4H3,(H,16,19). The highest BCUT2D eigenvalue weighted by molar-refractivity contribution is 5.95. The lowest BCUT2D eigenvalue weighted by molar-refractivity contribution is 0.0963. The molecule has 0 aliphatic carbocycles. The Morgan fingerprint density at radius 1 is 1.42 bits per heavy atom. The maximum atomic E-state index is 11.5. The average molecular weight is 264 g/mol. The van der Waals surface area contributed by atoms with Crippen molar-refractivity contribution in [1.82, 2.24) is 10.2 Å². The van der Waals surface area contributed by atoms with Gasteiger partial charge in [-0.25, -0.2) is 0 Å². The van der Waals surface area contributed by atoms with Crippen LogP contribution in [-0.2, 0) is 0 Å². The van der Waals surface area contributed by atoms with Gasteiger partial charge in [-0.3, -0.25) is 4.79 Å². The summed E-state index contributed by atoms with van der Waals surface area (Å²) in [5.74, 6) is -0.127. The summed E-state index contributed by atoms with van der Waals surface area (Å²) in [6.07, 6.45) is 0. The fraction of sp³-hybridized carbons (Fsp3) is 0.500. The van der Waals surface area contributed by atoms with E-state index in [1.165, 1.54) is 0 Å². The Labute approximate surface area is 115 Å². The summed E-state index contributed by atoms with van der Waals surface area (Å²) < 4.78 is 0. The summed E-state index contributed by atoms with van der Waals surface area (Å²) in [5, 5.41) is 5.86. The number of likely N-dealkylation sites (N-methyl/N-ethyl adjacent to an activating group) is 1. The monoisotopic (exact) mass is 264 g/mol. The van der Waals surface area contributed by atoms with E-state index < -0.39 is 0 Å². The van der Waals surface area contributed by atoms with Gasteiger partial charge in [-0.1, -0.05) is 0 Å². The lowest BCUT2D eigenvalue weighted by Gasteiger charge is -2.21. The zero-order valence-electron chi connectivity index (χ0n) is 12.2. The van der Waals surface area contributed by atoms with Crippen molar-refractivity contribution in [3.8, 4) is 0 Å². The van der Waals surface area contributed by atoms with Crippen LogP contribution in [0.2, 0.25) is 0 Å². The van der Waals surface area contributed by atoms with E-state index >= 15 is 0 Å². The summed E-state index contributed by atoms with van der Waals surface area (Å²) in [6, 6.07) is 5.82. The topological polar surface area (TPSA) is 70.4 Å². The molecule has 0 heterocycles. The van der Waals surface area contributed by atoms with Gasteiger partial charge in [0.25, 0.3) is 5.91 Å². The lowest BCUT2D eigenvalue weighted by atomic mass is 10.1. The van der Waals surface area contributed by atoms with E-state index in [1.54, 1.807) is 19.2 Å². The van der Waals surface area contributed by atoms with Crippen LogP contribution in [0.5, 0.6) is 0 Å². The predicted octanol–water partition coefficient (Wildman–Crippen LogP) is 1.38. The van der Waals surface area contributed by atoms with E-state index in [2.05, 4.69) is 36.4 Å². The van der Waals surface area contributed by atoms with E-state index in [0.29, 0.717) is 17.3 Å². The van der Waals surface area contributed by atoms with Crippen molar-refractivity contribution in [3.05, 3.63) is 23.8 Å². The number of amides is 1. The number of nitrogen functional groups attached to an aromatic ring is 1. The Bertz CT molecular complexity index is 431. The molecule has 5 heteroatoms. The molecule has 0 saturated carbocycles. The Morgan fingerprint density at radius 3 is 2.63 bits per heavy atom. The first kappa shape index (κ1) is 15.3. The molecule has 0 bridgehead atoms. The van der Waals surface area contributed by atoms with Gasteiger partial charge >= 0.3 is 0 Å². The Kier molecular flexibility index (Phi) is 5.63. The Morgan fingerprint density at radius 2 is 2.11 bits per heavy atom. The average Bonchev–Trinajstić information content (AvgIpc) is 2.39. The predicted molar refractivity (Wildman–Crippen MR) is 80.5 cm³/mol. The minimum absolute atomic E-state index is 0.127. The number of hydrogen-bond donors (Lipinski definition) is 3. The van der Waals surface area contributed by atoms with Crippen LogP contribution in [-0.4, -0.2) is 44.0 Å². The maximum Gasteiger partial charge on any atom is 0.251 e. The number of carbonyl (C=O) groups is 1. The lowest BCUT2D eigenvalue weighted by Crippen LogP contribution is -2.31. The third-order valence-electron chi connectivity index (χ3n) is 3.20. The van der Waals surface area contributed by atoms with Crippen LogP contribution in [0, 0.1) is 0 Å². The summed E-state index contributed by atoms with van der Waals surface area (Å²) >= 11 is 0. The van der Waals surface area contributed by atoms with Crippen molar-refractivity contribution in [3.63, 3.8) is 0 Å². The molecule has 19 heavy (non-hydrogen) atoms. The first-order valence-electron chi connectivity index (χ1n) is 6.51. The van der Waals surface area contributed by atoms with Crippen LogP contribution in [0.1, 0.15) is 24.2 Å². The Hall–Kier alpha value is -1.75. The van der Waals surface area contributed by atoms with Crippen molar-refractivity contribution >= 4 is 17.3 Å². The molecule has 0 aliphatic heterocycles. The molecule has 1 rings (SSSR count). The molecule has 0 saturated heterocycles. The van der Waals surface area contributed by atoms with Gasteiger partial charge in [-0.05, 0) is 39.1 Å². The Balaban J connectivity index is 2.58. The smallest absolute Gasteiger partial charge is 0.251 e. The third kappa shape index (κ3) is 4.44. The van der Waals surface area contributed by atoms with Crippen LogP contribution in [0.15, 0.2) is 18.2 Å². The molecule has 1 amide bonds. The number of anilines is 2. The highest BCUT2D eigenvalue weighted by Crippen LogP contribution is 2.19. The molecule has 4 N–H and O–H groups in total. The van der Waals surface area contributed by atoms with Crippen molar-refractivity contribution in [2.75, 3.05) is 38.2 Å². The molecule has 0 radical (unpaired) electrons. The zero-order chi connectivity index (χ0) is 14.4. The van der Waals surface area contributed by atoms with Gasteiger partial charge in [0.05, 0.1) is 11.4 Å². The summed E-state index contributed by atoms with van der Waals surface area (Å²) in [7, 11) is 3.69. The minimum atomic E-state index is -0.127. The van der Waals surface area contributed by atoms with Crippen molar-refractivity contribution in [1.29, 1.82) is 0 Å². The van der Waals surface area contributed by atoms with Gasteiger partial charge in [0.1, 0.15) is 0 Å². The van der Waals surface area contributed by atoms with Gasteiger partial charge in [0.2, 0.25) is 0 Å². The maximum absolute atomic E-state index is 11.5. The molecule has 106 valence electrons. The number of rotatable bonds is 6. The van der Waals surface area contributed by atoms with Crippen molar-refractivity contribution in [2.24, 2.45) is 0 Å². The van der Waals surface area contributed by atoms with E-state index in [9.17, 15) is 4.79 Å². The zero-order valence-corrected chi connectivity index (χ0v) is 12.2. The molecular formula is C14H24N4O. The van der Waals surface area contributed by atoms with Gasteiger partial charge in [0.15, 0.2) is 0 Å². The number of nitrogens with one attached hydrogen (secondary N) is 2. The number of nitrogens with zero attached hydrogens (tertiary/aromatic N) is 1. The third-order valence-corrected chi connectivity index (χ3v) is 3.20. The van der Waals surface area contributed by atoms with Gasteiger partial charge in [0, 0.05) is 31.7 Å². The van der Waals surface area contributed by atoms with Crippen LogP contribution in [0.3, 0.4) is 0 Å². The normalized spacial score (nSPS) is 10.8. The number of hydrogen-bond acceptors (Lipinski definition) is 4. The van der Waals surface area contributed by atoms with Gasteiger partial charge in [-0.2, -0.15) is 0 Å². The highest BCUT2D eigenvalue weighted by Gasteiger charge is 2.07. The van der Waals surface area contributed by atoms with Crippen LogP contribution in [0.4, 0.5) is 11.4 Å². The molecular weight excluding hydrogens is 240 g/mol. The summed E-state index contributed by atoms with van der Waals surface area (Å²) in [5.41, 5.74) is 7.96. The largest absolute Gasteiger partial charge is 0.397 e. The molecule has 0 atom stereocenters. The fourth-order valence-electron chi connectivity index (χ4n) is 1.63. The second kappa shape index (κ2) is 6.99. The minimum Gasteiger partial charge on any atom is -0.397 e. The van der Waals surface area contributed by atoms with Crippen LogP contribution >= 0.6 is 0 Å². The van der Waals surface area contributed by atoms with Crippen molar-refractivity contribution < 1.29 is 4.79 Å². The molecule has 0 aliphatic rings. The molecule has 1 aromatic carbocycles. The SMILES string of the molecule is CNC(=O)c1ccc(NCCN(C)C(C)C)c(N)c1. The molecule has 0 spiro atoms. The highest BCUT2D eigenvalue weighted by atomic mass is 16.1. The van der Waals surface area contributed by atoms with E-state index in [4.69, 9.17) is 5.73 Å². The number of carbonyl (C=O) groups excluding carboxylic acids is 1. The van der Waals surface area contributed by atoms with Gasteiger partial charge < -0.3 is 21.3 Å². The van der Waals surface area contributed by atoms with Crippen molar-refractivity contribution in [2.45, 2.75) is 19.9 Å². The van der Waals surface area contributed by atoms with Crippen LogP contribution < -0.4 is 16.4 Å². The summed E-state index contributed by atoms with van der Waals surface area (Å²) in [4.78, 5) is 13.7. The van der Waals surface area contributed by atoms with E-state index in [1.807, 2.05) is 6.07 Å². The second-order valence-corrected chi connectivity index (χ2v) is 4.88. The molecule has 0 unspecified atom stereocenters. The number of nitrogens with two attached hydrogens (primary N) is 1. The fourth-order valence-corrected chi connectivity index (χ4v) is 1.63. The summed E-state index contributed by atoms with van der Waals surface area (Å²) in [6.45, 7) is 6.07. The first-order valence-corrected chi connectivity index (χ1v) is 6.51. The molecule has 1 aromatic rings. The van der Waals surface area contributed by atoms with Crippen LogP contribution in [0.25, 0.3) is 0 Å². The first-order chi connectivity index (χ1) is 8.95. The quantitative estimate of drug-likeness (QED) is 0.679. The molecule has 5 nitrogen and oxygen atoms in total. The molecule has 0 aromatic heterocycles. The molecule has 0 fully saturated rings. The van der Waals surface area contributed by atoms with E-state index in [-0.39, 0.29) is 5.91 Å². The second-order valence-electron chi connectivity index (χ2n) is 4.88. The number of benzene rings is 1. The van der Waals surface area contributed by atoms with E-state index in [0.717, 1.165) is 18.8 Å². The van der Waals surface area contributed by atoms with Gasteiger partial charge in [-0.15, -0.1) is 0 Å².